The maximum atomic E-state index is 11.4. The van der Waals surface area contributed by atoms with Crippen LogP contribution in [0.15, 0.2) is 6.07 Å². The third-order valence-electron chi connectivity index (χ3n) is 2.37. The van der Waals surface area contributed by atoms with E-state index in [9.17, 15) is 4.79 Å². The number of aromatic amines is 1. The first-order valence-corrected chi connectivity index (χ1v) is 5.28. The molecule has 0 aliphatic heterocycles. The molecular weight excluding hydrogens is 192 g/mol. The van der Waals surface area contributed by atoms with E-state index in [1.165, 1.54) is 0 Å². The molecular formula is C10H16N4O. The lowest BCUT2D eigenvalue weighted by molar-refractivity contribution is 0.251. The van der Waals surface area contributed by atoms with Crippen LogP contribution in [-0.4, -0.2) is 22.3 Å². The van der Waals surface area contributed by atoms with Crippen molar-refractivity contribution in [2.75, 3.05) is 5.32 Å². The van der Waals surface area contributed by atoms with Crippen LogP contribution in [0.2, 0.25) is 0 Å². The molecule has 5 heteroatoms. The Morgan fingerprint density at radius 2 is 2.33 bits per heavy atom. The number of hydrogen-bond donors (Lipinski definition) is 3. The summed E-state index contributed by atoms with van der Waals surface area (Å²) in [5.41, 5.74) is 1.02. The summed E-state index contributed by atoms with van der Waals surface area (Å²) in [6.45, 7) is 4.14. The van der Waals surface area contributed by atoms with Crippen LogP contribution >= 0.6 is 0 Å². The largest absolute Gasteiger partial charge is 0.335 e. The van der Waals surface area contributed by atoms with Crippen LogP contribution in [0.1, 0.15) is 38.3 Å². The molecule has 0 saturated heterocycles. The van der Waals surface area contributed by atoms with Crippen LogP contribution in [0.4, 0.5) is 10.6 Å². The summed E-state index contributed by atoms with van der Waals surface area (Å²) in [5, 5.41) is 12.4. The number of aromatic nitrogens is 2. The monoisotopic (exact) mass is 208 g/mol. The lowest BCUT2D eigenvalue weighted by Gasteiger charge is -2.02. The molecule has 0 bridgehead atoms. The van der Waals surface area contributed by atoms with Crippen molar-refractivity contribution >= 4 is 11.8 Å². The van der Waals surface area contributed by atoms with E-state index in [-0.39, 0.29) is 6.03 Å². The van der Waals surface area contributed by atoms with E-state index < -0.39 is 0 Å². The van der Waals surface area contributed by atoms with Crippen molar-refractivity contribution < 1.29 is 4.79 Å². The average molecular weight is 208 g/mol. The van der Waals surface area contributed by atoms with Gasteiger partial charge in [-0.05, 0) is 18.8 Å². The van der Waals surface area contributed by atoms with Crippen LogP contribution in [0.25, 0.3) is 0 Å². The lowest BCUT2D eigenvalue weighted by atomic mass is 10.1. The van der Waals surface area contributed by atoms with Gasteiger partial charge in [0.25, 0.3) is 0 Å². The molecule has 2 amide bonds. The number of nitrogens with zero attached hydrogens (tertiary/aromatic N) is 1. The van der Waals surface area contributed by atoms with Crippen molar-refractivity contribution in [2.24, 2.45) is 0 Å². The number of anilines is 1. The summed E-state index contributed by atoms with van der Waals surface area (Å²) in [6.07, 6.45) is 2.18. The summed E-state index contributed by atoms with van der Waals surface area (Å²) in [6, 6.07) is 2.06. The van der Waals surface area contributed by atoms with E-state index in [2.05, 4.69) is 34.7 Å². The molecule has 0 aromatic carbocycles. The highest BCUT2D eigenvalue weighted by molar-refractivity contribution is 5.88. The number of H-pyrrole nitrogens is 1. The first kappa shape index (κ1) is 10.0. The molecule has 1 aromatic heterocycles. The standard InChI is InChI=1S/C10H16N4O/c1-6(2)8-5-9(14-13-8)12-10(15)11-7-3-4-7/h5-7H,3-4H2,1-2H3,(H3,11,12,13,14,15). The fourth-order valence-electron chi connectivity index (χ4n) is 1.26. The van der Waals surface area contributed by atoms with Crippen LogP contribution in [0.5, 0.6) is 0 Å². The molecule has 0 unspecified atom stereocenters. The molecule has 82 valence electrons. The van der Waals surface area contributed by atoms with Crippen LogP contribution in [-0.2, 0) is 0 Å². The summed E-state index contributed by atoms with van der Waals surface area (Å²) in [7, 11) is 0. The SMILES string of the molecule is CC(C)c1cc(NC(=O)NC2CC2)n[nH]1. The normalized spacial score (nSPS) is 15.4. The summed E-state index contributed by atoms with van der Waals surface area (Å²) < 4.78 is 0. The van der Waals surface area contributed by atoms with Gasteiger partial charge in [-0.15, -0.1) is 0 Å². The van der Waals surface area contributed by atoms with Crippen molar-refractivity contribution in [1.82, 2.24) is 15.5 Å². The Hall–Kier alpha value is -1.52. The van der Waals surface area contributed by atoms with Gasteiger partial charge in [0.15, 0.2) is 5.82 Å². The molecule has 1 aromatic rings. The third kappa shape index (κ3) is 2.71. The summed E-state index contributed by atoms with van der Waals surface area (Å²) in [4.78, 5) is 11.4. The molecule has 15 heavy (non-hydrogen) atoms. The molecule has 0 radical (unpaired) electrons. The zero-order valence-corrected chi connectivity index (χ0v) is 9.00. The maximum Gasteiger partial charge on any atom is 0.320 e. The number of urea groups is 1. The molecule has 1 aliphatic rings. The number of carbonyl (C=O) groups excluding carboxylic acids is 1. The quantitative estimate of drug-likeness (QED) is 0.709. The van der Waals surface area contributed by atoms with E-state index >= 15 is 0 Å². The van der Waals surface area contributed by atoms with Crippen LogP contribution in [0, 0.1) is 0 Å². The summed E-state index contributed by atoms with van der Waals surface area (Å²) >= 11 is 0. The zero-order chi connectivity index (χ0) is 10.8. The van der Waals surface area contributed by atoms with Gasteiger partial charge >= 0.3 is 6.03 Å². The van der Waals surface area contributed by atoms with E-state index in [0.29, 0.717) is 17.8 Å². The van der Waals surface area contributed by atoms with Crippen molar-refractivity contribution in [1.29, 1.82) is 0 Å². The van der Waals surface area contributed by atoms with Gasteiger partial charge < -0.3 is 5.32 Å². The maximum absolute atomic E-state index is 11.4. The Kier molecular flexibility index (Phi) is 2.62. The Balaban J connectivity index is 1.88. The minimum Gasteiger partial charge on any atom is -0.335 e. The first-order chi connectivity index (χ1) is 7.15. The first-order valence-electron chi connectivity index (χ1n) is 5.28. The van der Waals surface area contributed by atoms with E-state index in [1.807, 2.05) is 6.07 Å². The van der Waals surface area contributed by atoms with Gasteiger partial charge in [0.1, 0.15) is 0 Å². The number of carbonyl (C=O) groups is 1. The van der Waals surface area contributed by atoms with E-state index in [0.717, 1.165) is 18.5 Å². The van der Waals surface area contributed by atoms with Crippen molar-refractivity contribution in [3.05, 3.63) is 11.8 Å². The van der Waals surface area contributed by atoms with Gasteiger partial charge in [-0.3, -0.25) is 10.4 Å². The number of hydrogen-bond acceptors (Lipinski definition) is 2. The van der Waals surface area contributed by atoms with Crippen LogP contribution in [0.3, 0.4) is 0 Å². The Bertz CT molecular complexity index is 354. The third-order valence-corrected chi connectivity index (χ3v) is 2.37. The van der Waals surface area contributed by atoms with Gasteiger partial charge in [-0.1, -0.05) is 13.8 Å². The second-order valence-corrected chi connectivity index (χ2v) is 4.24. The minimum absolute atomic E-state index is 0.167. The van der Waals surface area contributed by atoms with Gasteiger partial charge in [0, 0.05) is 17.8 Å². The lowest BCUT2D eigenvalue weighted by Crippen LogP contribution is -2.30. The summed E-state index contributed by atoms with van der Waals surface area (Å²) in [5.74, 6) is 0.969. The van der Waals surface area contributed by atoms with Crippen LogP contribution < -0.4 is 10.6 Å². The fourth-order valence-corrected chi connectivity index (χ4v) is 1.26. The number of amides is 2. The van der Waals surface area contributed by atoms with Crippen molar-refractivity contribution in [3.8, 4) is 0 Å². The van der Waals surface area contributed by atoms with Gasteiger partial charge in [0.2, 0.25) is 0 Å². The van der Waals surface area contributed by atoms with E-state index in [4.69, 9.17) is 0 Å². The fraction of sp³-hybridized carbons (Fsp3) is 0.600. The second-order valence-electron chi connectivity index (χ2n) is 4.24. The van der Waals surface area contributed by atoms with Gasteiger partial charge in [-0.25, -0.2) is 4.79 Å². The second kappa shape index (κ2) is 3.92. The Morgan fingerprint density at radius 1 is 1.60 bits per heavy atom. The molecule has 1 saturated carbocycles. The molecule has 1 aliphatic carbocycles. The zero-order valence-electron chi connectivity index (χ0n) is 9.00. The highest BCUT2D eigenvalue weighted by atomic mass is 16.2. The Labute approximate surface area is 88.6 Å². The number of rotatable bonds is 3. The molecule has 0 spiro atoms. The Morgan fingerprint density at radius 3 is 2.87 bits per heavy atom. The highest BCUT2D eigenvalue weighted by Gasteiger charge is 2.23. The smallest absolute Gasteiger partial charge is 0.320 e. The predicted molar refractivity (Wildman–Crippen MR) is 57.9 cm³/mol. The predicted octanol–water partition coefficient (Wildman–Crippen LogP) is 1.82. The molecule has 2 rings (SSSR count). The van der Waals surface area contributed by atoms with E-state index in [1.54, 1.807) is 0 Å². The average Bonchev–Trinajstić information content (AvgIpc) is 2.82. The molecule has 5 nitrogen and oxygen atoms in total. The highest BCUT2D eigenvalue weighted by Crippen LogP contribution is 2.19. The molecule has 1 heterocycles. The van der Waals surface area contributed by atoms with Gasteiger partial charge in [0.05, 0.1) is 0 Å². The number of nitrogens with one attached hydrogen (secondary N) is 3. The van der Waals surface area contributed by atoms with Gasteiger partial charge in [-0.2, -0.15) is 5.10 Å². The van der Waals surface area contributed by atoms with Crippen molar-refractivity contribution in [3.63, 3.8) is 0 Å². The molecule has 0 atom stereocenters. The minimum atomic E-state index is -0.167. The van der Waals surface area contributed by atoms with Crippen molar-refractivity contribution in [2.45, 2.75) is 38.6 Å². The topological polar surface area (TPSA) is 69.8 Å². The molecule has 3 N–H and O–H groups in total. The molecule has 1 fully saturated rings.